The Hall–Kier alpha value is -0.610. The third-order valence-electron chi connectivity index (χ3n) is 4.05. The van der Waals surface area contributed by atoms with Crippen LogP contribution >= 0.6 is 15.9 Å². The Kier molecular flexibility index (Phi) is 3.57. The molecule has 0 aromatic heterocycles. The van der Waals surface area contributed by atoms with Crippen LogP contribution in [-0.4, -0.2) is 37.1 Å². The van der Waals surface area contributed by atoms with E-state index in [1.807, 2.05) is 6.07 Å². The molecule has 0 radical (unpaired) electrons. The molecule has 1 aromatic rings. The smallest absolute Gasteiger partial charge is 0.146 e. The van der Waals surface area contributed by atoms with E-state index in [1.54, 1.807) is 12.1 Å². The summed E-state index contributed by atoms with van der Waals surface area (Å²) in [4.78, 5) is 4.78. The summed E-state index contributed by atoms with van der Waals surface area (Å²) in [7, 11) is 0. The van der Waals surface area contributed by atoms with Gasteiger partial charge in [0.1, 0.15) is 5.82 Å². The first-order chi connectivity index (χ1) is 8.74. The molecular weight excluding hydrogens is 295 g/mol. The van der Waals surface area contributed by atoms with E-state index in [4.69, 9.17) is 0 Å². The molecule has 2 heterocycles. The van der Waals surface area contributed by atoms with E-state index in [2.05, 4.69) is 25.7 Å². The second-order valence-electron chi connectivity index (χ2n) is 5.23. The molecular formula is C14H18BrFN2. The molecule has 1 atom stereocenters. The first kappa shape index (κ1) is 12.4. The highest BCUT2D eigenvalue weighted by Crippen LogP contribution is 2.28. The van der Waals surface area contributed by atoms with Crippen LogP contribution in [0.15, 0.2) is 22.7 Å². The zero-order valence-corrected chi connectivity index (χ0v) is 12.0. The Bertz CT molecular complexity index is 438. The van der Waals surface area contributed by atoms with Crippen LogP contribution in [0.3, 0.4) is 0 Å². The molecule has 2 aliphatic heterocycles. The van der Waals surface area contributed by atoms with E-state index < -0.39 is 0 Å². The summed E-state index contributed by atoms with van der Waals surface area (Å²) in [5.41, 5.74) is 0.748. The second-order valence-corrected chi connectivity index (χ2v) is 6.14. The lowest BCUT2D eigenvalue weighted by Crippen LogP contribution is -2.36. The van der Waals surface area contributed by atoms with E-state index in [9.17, 15) is 4.39 Å². The Morgan fingerprint density at radius 1 is 1.17 bits per heavy atom. The van der Waals surface area contributed by atoms with Crippen molar-refractivity contribution in [2.24, 2.45) is 0 Å². The normalized spacial score (nSPS) is 25.0. The molecule has 98 valence electrons. The number of hydrogen-bond acceptors (Lipinski definition) is 2. The molecule has 0 saturated carbocycles. The first-order valence-corrected chi connectivity index (χ1v) is 7.47. The Morgan fingerprint density at radius 2 is 2.00 bits per heavy atom. The van der Waals surface area contributed by atoms with Gasteiger partial charge in [0.25, 0.3) is 0 Å². The lowest BCUT2D eigenvalue weighted by atomic mass is 10.2. The van der Waals surface area contributed by atoms with E-state index in [1.165, 1.54) is 19.4 Å². The van der Waals surface area contributed by atoms with Crippen molar-refractivity contribution in [3.63, 3.8) is 0 Å². The third kappa shape index (κ3) is 2.41. The lowest BCUT2D eigenvalue weighted by molar-refractivity contribution is 0.273. The molecule has 2 fully saturated rings. The van der Waals surface area contributed by atoms with Crippen LogP contribution in [0.4, 0.5) is 10.1 Å². The SMILES string of the molecule is Fc1ccc(Br)cc1N1CCCN2CCCC2C1. The minimum absolute atomic E-state index is 0.107. The maximum absolute atomic E-state index is 14.0. The van der Waals surface area contributed by atoms with Gasteiger partial charge in [0.2, 0.25) is 0 Å². The number of nitrogens with zero attached hydrogens (tertiary/aromatic N) is 2. The molecule has 1 unspecified atom stereocenters. The zero-order valence-electron chi connectivity index (χ0n) is 10.4. The molecule has 4 heteroatoms. The second kappa shape index (κ2) is 5.17. The van der Waals surface area contributed by atoms with Crippen molar-refractivity contribution in [3.05, 3.63) is 28.5 Å². The molecule has 2 aliphatic rings. The third-order valence-corrected chi connectivity index (χ3v) is 4.55. The van der Waals surface area contributed by atoms with Crippen LogP contribution in [0, 0.1) is 5.82 Å². The molecule has 0 N–H and O–H groups in total. The molecule has 0 amide bonds. The van der Waals surface area contributed by atoms with Gasteiger partial charge in [-0.05, 0) is 44.0 Å². The van der Waals surface area contributed by atoms with Gasteiger partial charge in [-0.3, -0.25) is 4.90 Å². The van der Waals surface area contributed by atoms with Gasteiger partial charge in [-0.15, -0.1) is 0 Å². The number of rotatable bonds is 1. The van der Waals surface area contributed by atoms with Gasteiger partial charge in [-0.1, -0.05) is 15.9 Å². The highest BCUT2D eigenvalue weighted by atomic mass is 79.9. The van der Waals surface area contributed by atoms with Gasteiger partial charge in [0, 0.05) is 30.1 Å². The fourth-order valence-electron chi connectivity index (χ4n) is 3.15. The number of fused-ring (bicyclic) bond motifs is 1. The average Bonchev–Trinajstić information content (AvgIpc) is 2.70. The monoisotopic (exact) mass is 312 g/mol. The quantitative estimate of drug-likeness (QED) is 0.785. The maximum atomic E-state index is 14.0. The highest BCUT2D eigenvalue weighted by molar-refractivity contribution is 9.10. The van der Waals surface area contributed by atoms with Crippen LogP contribution in [0.2, 0.25) is 0 Å². The number of hydrogen-bond donors (Lipinski definition) is 0. The van der Waals surface area contributed by atoms with Crippen LogP contribution in [0.1, 0.15) is 19.3 Å². The van der Waals surface area contributed by atoms with E-state index in [-0.39, 0.29) is 5.82 Å². The van der Waals surface area contributed by atoms with E-state index in [0.717, 1.165) is 36.2 Å². The van der Waals surface area contributed by atoms with Crippen LogP contribution < -0.4 is 4.90 Å². The minimum atomic E-state index is -0.107. The summed E-state index contributed by atoms with van der Waals surface area (Å²) in [6.07, 6.45) is 3.67. The van der Waals surface area contributed by atoms with Gasteiger partial charge in [-0.25, -0.2) is 4.39 Å². The van der Waals surface area contributed by atoms with E-state index in [0.29, 0.717) is 6.04 Å². The Labute approximate surface area is 116 Å². The Balaban J connectivity index is 1.84. The number of halogens is 2. The molecule has 2 saturated heterocycles. The molecule has 1 aromatic carbocycles. The standard InChI is InChI=1S/C14H18BrFN2/c15-11-4-5-13(16)14(9-11)18-8-2-7-17-6-1-3-12(17)10-18/h4-5,9,12H,1-3,6-8,10H2. The molecule has 2 nitrogen and oxygen atoms in total. The van der Waals surface area contributed by atoms with Crippen molar-refractivity contribution < 1.29 is 4.39 Å². The molecule has 0 bridgehead atoms. The average molecular weight is 313 g/mol. The summed E-state index contributed by atoms with van der Waals surface area (Å²) in [5.74, 6) is -0.107. The van der Waals surface area contributed by atoms with Crippen LogP contribution in [0.5, 0.6) is 0 Å². The summed E-state index contributed by atoms with van der Waals surface area (Å²) in [5, 5.41) is 0. The predicted molar refractivity (Wildman–Crippen MR) is 75.5 cm³/mol. The predicted octanol–water partition coefficient (Wildman–Crippen LogP) is 3.26. The number of anilines is 1. The first-order valence-electron chi connectivity index (χ1n) is 6.68. The van der Waals surface area contributed by atoms with Crippen molar-refractivity contribution in [1.82, 2.24) is 4.90 Å². The lowest BCUT2D eigenvalue weighted by Gasteiger charge is -2.27. The summed E-state index contributed by atoms with van der Waals surface area (Å²) < 4.78 is 14.9. The van der Waals surface area contributed by atoms with Crippen molar-refractivity contribution in [1.29, 1.82) is 0 Å². The van der Waals surface area contributed by atoms with Gasteiger partial charge in [0.05, 0.1) is 5.69 Å². The highest BCUT2D eigenvalue weighted by Gasteiger charge is 2.29. The minimum Gasteiger partial charge on any atom is -0.368 e. The van der Waals surface area contributed by atoms with Gasteiger partial charge in [0.15, 0.2) is 0 Å². The summed E-state index contributed by atoms with van der Waals surface area (Å²) in [6, 6.07) is 5.83. The van der Waals surface area contributed by atoms with Crippen LogP contribution in [-0.2, 0) is 0 Å². The topological polar surface area (TPSA) is 6.48 Å². The zero-order chi connectivity index (χ0) is 12.5. The van der Waals surface area contributed by atoms with E-state index >= 15 is 0 Å². The van der Waals surface area contributed by atoms with Gasteiger partial charge in [-0.2, -0.15) is 0 Å². The Morgan fingerprint density at radius 3 is 2.89 bits per heavy atom. The fraction of sp³-hybridized carbons (Fsp3) is 0.571. The van der Waals surface area contributed by atoms with Crippen molar-refractivity contribution >= 4 is 21.6 Å². The largest absolute Gasteiger partial charge is 0.368 e. The summed E-state index contributed by atoms with van der Waals surface area (Å²) >= 11 is 3.44. The van der Waals surface area contributed by atoms with Gasteiger partial charge >= 0.3 is 0 Å². The fourth-order valence-corrected chi connectivity index (χ4v) is 3.50. The van der Waals surface area contributed by atoms with Gasteiger partial charge < -0.3 is 4.90 Å². The molecule has 0 spiro atoms. The number of benzene rings is 1. The maximum Gasteiger partial charge on any atom is 0.146 e. The van der Waals surface area contributed by atoms with Crippen molar-refractivity contribution in [2.75, 3.05) is 31.1 Å². The molecule has 3 rings (SSSR count). The van der Waals surface area contributed by atoms with Crippen molar-refractivity contribution in [3.8, 4) is 0 Å². The summed E-state index contributed by atoms with van der Waals surface area (Å²) in [6.45, 7) is 4.31. The molecule has 18 heavy (non-hydrogen) atoms. The van der Waals surface area contributed by atoms with Crippen molar-refractivity contribution in [2.45, 2.75) is 25.3 Å². The van der Waals surface area contributed by atoms with Crippen LogP contribution in [0.25, 0.3) is 0 Å². The molecule has 0 aliphatic carbocycles.